The molecule has 0 aromatic heterocycles. The maximum absolute atomic E-state index is 12.7. The molecule has 35 heavy (non-hydrogen) atoms. The van der Waals surface area contributed by atoms with E-state index < -0.39 is 32.4 Å². The van der Waals surface area contributed by atoms with Gasteiger partial charge in [0.1, 0.15) is 17.1 Å². The molecule has 2 N–H and O–H groups in total. The van der Waals surface area contributed by atoms with Gasteiger partial charge in [0.25, 0.3) is 10.9 Å². The molecule has 0 heterocycles. The lowest BCUT2D eigenvalue weighted by molar-refractivity contribution is -0.137. The zero-order chi connectivity index (χ0) is 25.4. The van der Waals surface area contributed by atoms with Gasteiger partial charge in [0.05, 0.1) is 16.6 Å². The van der Waals surface area contributed by atoms with E-state index in [2.05, 4.69) is 10.6 Å². The van der Waals surface area contributed by atoms with E-state index in [1.807, 2.05) is 0 Å². The minimum absolute atomic E-state index is 0.0408. The molecule has 0 unspecified atom stereocenters. The summed E-state index contributed by atoms with van der Waals surface area (Å²) in [5, 5.41) is 5.84. The SMILES string of the molecule is CS(=O)(=O)c1ccc(OC2CCC(Nc3c(Nc4ccc(C(F)(F)F)cc4)c(=O)c3=O)CC2)cc1. The monoisotopic (exact) mass is 508 g/mol. The summed E-state index contributed by atoms with van der Waals surface area (Å²) >= 11 is 0. The molecule has 186 valence electrons. The Hall–Kier alpha value is -3.34. The van der Waals surface area contributed by atoms with Crippen molar-refractivity contribution in [1.82, 2.24) is 0 Å². The van der Waals surface area contributed by atoms with E-state index in [0.29, 0.717) is 31.4 Å². The zero-order valence-corrected chi connectivity index (χ0v) is 19.5. The molecule has 1 aliphatic rings. The molecule has 11 heteroatoms. The van der Waals surface area contributed by atoms with Crippen molar-refractivity contribution >= 4 is 26.9 Å². The highest BCUT2D eigenvalue weighted by atomic mass is 32.2. The Balaban J connectivity index is 1.33. The van der Waals surface area contributed by atoms with Gasteiger partial charge >= 0.3 is 6.18 Å². The van der Waals surface area contributed by atoms with Gasteiger partial charge in [-0.3, -0.25) is 9.59 Å². The lowest BCUT2D eigenvalue weighted by Gasteiger charge is -2.31. The molecule has 0 spiro atoms. The van der Waals surface area contributed by atoms with Crippen LogP contribution in [0.2, 0.25) is 0 Å². The Labute approximate surface area is 199 Å². The van der Waals surface area contributed by atoms with Crippen molar-refractivity contribution in [2.75, 3.05) is 16.9 Å². The normalized spacial score (nSPS) is 18.9. The number of halogens is 3. The van der Waals surface area contributed by atoms with E-state index in [1.165, 1.54) is 24.3 Å². The quantitative estimate of drug-likeness (QED) is 0.460. The van der Waals surface area contributed by atoms with Crippen LogP contribution in [0.25, 0.3) is 0 Å². The molecule has 1 fully saturated rings. The fraction of sp³-hybridized carbons (Fsp3) is 0.333. The summed E-state index contributed by atoms with van der Waals surface area (Å²) in [5.41, 5.74) is -1.75. The Kier molecular flexibility index (Phi) is 6.63. The topological polar surface area (TPSA) is 102 Å². The van der Waals surface area contributed by atoms with Gasteiger partial charge in [-0.15, -0.1) is 0 Å². The number of sulfone groups is 1. The van der Waals surface area contributed by atoms with Gasteiger partial charge in [-0.2, -0.15) is 13.2 Å². The molecular weight excluding hydrogens is 485 g/mol. The average molecular weight is 509 g/mol. The third-order valence-electron chi connectivity index (χ3n) is 5.97. The van der Waals surface area contributed by atoms with E-state index in [4.69, 9.17) is 4.74 Å². The van der Waals surface area contributed by atoms with Crippen LogP contribution in [0.15, 0.2) is 63.0 Å². The summed E-state index contributed by atoms with van der Waals surface area (Å²) in [6.07, 6.45) is -0.693. The summed E-state index contributed by atoms with van der Waals surface area (Å²) in [7, 11) is -3.28. The molecule has 1 aliphatic carbocycles. The van der Waals surface area contributed by atoms with Crippen LogP contribution in [0.3, 0.4) is 0 Å². The van der Waals surface area contributed by atoms with Crippen molar-refractivity contribution in [2.24, 2.45) is 0 Å². The second kappa shape index (κ2) is 9.37. The molecule has 0 aliphatic heterocycles. The largest absolute Gasteiger partial charge is 0.490 e. The number of benzene rings is 2. The minimum atomic E-state index is -4.46. The standard InChI is InChI=1S/C24H23F3N2O5S/c1-35(32,33)19-12-10-18(11-13-19)34-17-8-6-16(7-9-17)29-21-20(22(30)23(21)31)28-15-4-2-14(3-5-15)24(25,26)27/h2-5,10-13,16-17,28-29H,6-9H2,1H3. The van der Waals surface area contributed by atoms with Gasteiger partial charge < -0.3 is 15.4 Å². The van der Waals surface area contributed by atoms with Crippen LogP contribution in [-0.2, 0) is 16.0 Å². The first kappa shape index (κ1) is 24.8. The highest BCUT2D eigenvalue weighted by Crippen LogP contribution is 2.32. The Morgan fingerprint density at radius 3 is 1.97 bits per heavy atom. The highest BCUT2D eigenvalue weighted by Gasteiger charge is 2.31. The Morgan fingerprint density at radius 1 is 0.857 bits per heavy atom. The fourth-order valence-electron chi connectivity index (χ4n) is 4.02. The van der Waals surface area contributed by atoms with E-state index in [0.717, 1.165) is 18.4 Å². The molecule has 1 saturated carbocycles. The first-order valence-corrected chi connectivity index (χ1v) is 12.8. The second-order valence-electron chi connectivity index (χ2n) is 8.59. The smallest absolute Gasteiger partial charge is 0.416 e. The van der Waals surface area contributed by atoms with Crippen LogP contribution in [0.4, 0.5) is 30.2 Å². The summed E-state index contributed by atoms with van der Waals surface area (Å²) in [6, 6.07) is 10.4. The summed E-state index contributed by atoms with van der Waals surface area (Å²) in [4.78, 5) is 24.4. The van der Waals surface area contributed by atoms with Crippen molar-refractivity contribution in [1.29, 1.82) is 0 Å². The molecule has 0 bridgehead atoms. The van der Waals surface area contributed by atoms with Crippen LogP contribution in [0.1, 0.15) is 31.2 Å². The van der Waals surface area contributed by atoms with Crippen LogP contribution in [0, 0.1) is 0 Å². The Bertz CT molecular complexity index is 1370. The summed E-state index contributed by atoms with van der Waals surface area (Å²) in [6.45, 7) is 0. The highest BCUT2D eigenvalue weighted by molar-refractivity contribution is 7.90. The first-order chi connectivity index (χ1) is 16.4. The van der Waals surface area contributed by atoms with Crippen molar-refractivity contribution in [3.8, 4) is 5.75 Å². The minimum Gasteiger partial charge on any atom is -0.490 e. The van der Waals surface area contributed by atoms with E-state index in [-0.39, 0.29) is 34.1 Å². The van der Waals surface area contributed by atoms with Gasteiger partial charge in [-0.25, -0.2) is 8.42 Å². The van der Waals surface area contributed by atoms with Gasteiger partial charge in [-0.1, -0.05) is 0 Å². The van der Waals surface area contributed by atoms with Crippen molar-refractivity contribution < 1.29 is 26.3 Å². The average Bonchev–Trinajstić information content (AvgIpc) is 2.81. The number of nitrogens with one attached hydrogen (secondary N) is 2. The number of rotatable bonds is 7. The van der Waals surface area contributed by atoms with Gasteiger partial charge in [-0.05, 0) is 74.2 Å². The van der Waals surface area contributed by atoms with Crippen molar-refractivity contribution in [3.05, 3.63) is 74.5 Å². The fourth-order valence-corrected chi connectivity index (χ4v) is 4.65. The van der Waals surface area contributed by atoms with Crippen LogP contribution in [-0.4, -0.2) is 26.8 Å². The van der Waals surface area contributed by atoms with Gasteiger partial charge in [0.15, 0.2) is 9.84 Å². The van der Waals surface area contributed by atoms with Gasteiger partial charge in [0.2, 0.25) is 0 Å². The van der Waals surface area contributed by atoms with Crippen molar-refractivity contribution in [2.45, 2.75) is 48.9 Å². The number of hydrogen-bond donors (Lipinski definition) is 2. The molecule has 7 nitrogen and oxygen atoms in total. The Morgan fingerprint density at radius 2 is 1.43 bits per heavy atom. The van der Waals surface area contributed by atoms with Crippen molar-refractivity contribution in [3.63, 3.8) is 0 Å². The predicted octanol–water partition coefficient (Wildman–Crippen LogP) is 4.25. The molecule has 0 saturated heterocycles. The lowest BCUT2D eigenvalue weighted by Crippen LogP contribution is -2.40. The number of hydrogen-bond acceptors (Lipinski definition) is 7. The van der Waals surface area contributed by atoms with Gasteiger partial charge in [0, 0.05) is 18.0 Å². The molecular formula is C24H23F3N2O5S. The van der Waals surface area contributed by atoms with E-state index in [9.17, 15) is 31.2 Å². The summed E-state index contributed by atoms with van der Waals surface area (Å²) in [5.74, 6) is 0.569. The summed E-state index contributed by atoms with van der Waals surface area (Å²) < 4.78 is 67.3. The second-order valence-corrected chi connectivity index (χ2v) is 10.6. The zero-order valence-electron chi connectivity index (χ0n) is 18.7. The third-order valence-corrected chi connectivity index (χ3v) is 7.10. The number of alkyl halides is 3. The maximum Gasteiger partial charge on any atom is 0.416 e. The van der Waals surface area contributed by atoms with E-state index >= 15 is 0 Å². The molecule has 0 atom stereocenters. The third kappa shape index (κ3) is 5.67. The molecule has 0 amide bonds. The number of anilines is 3. The molecule has 4 rings (SSSR count). The molecule has 3 aromatic carbocycles. The maximum atomic E-state index is 12.7. The predicted molar refractivity (Wildman–Crippen MR) is 126 cm³/mol. The van der Waals surface area contributed by atoms with Crippen LogP contribution in [0.5, 0.6) is 5.75 Å². The van der Waals surface area contributed by atoms with E-state index in [1.54, 1.807) is 12.1 Å². The first-order valence-electron chi connectivity index (χ1n) is 10.9. The van der Waals surface area contributed by atoms with Crippen LogP contribution < -0.4 is 26.2 Å². The van der Waals surface area contributed by atoms with Crippen LogP contribution >= 0.6 is 0 Å². The molecule has 3 aromatic rings. The number of ether oxygens (including phenoxy) is 1. The lowest BCUT2D eigenvalue weighted by atomic mass is 9.92. The molecule has 0 radical (unpaired) electrons.